The maximum absolute atomic E-state index is 10.5. The number of para-hydroxylation sites is 5. The van der Waals surface area contributed by atoms with Crippen LogP contribution >= 0.6 is 0 Å². The highest BCUT2D eigenvalue weighted by Gasteiger charge is 2.19. The summed E-state index contributed by atoms with van der Waals surface area (Å²) in [4.78, 5) is 12.9. The summed E-state index contributed by atoms with van der Waals surface area (Å²) in [6.45, 7) is 6.55. The molecule has 21 heteroatoms. The third kappa shape index (κ3) is 8.79. The van der Waals surface area contributed by atoms with Crippen molar-refractivity contribution in [2.75, 3.05) is 5.73 Å². The number of nitrogens with one attached hydrogen (secondary N) is 3. The normalized spacial score (nSPS) is 9.78. The Morgan fingerprint density at radius 1 is 0.633 bits per heavy atom. The first-order chi connectivity index (χ1) is 23.7. The molecule has 7 aromatic rings. The van der Waals surface area contributed by atoms with Crippen LogP contribution in [0.5, 0.6) is 23.0 Å². The van der Waals surface area contributed by atoms with Crippen molar-refractivity contribution in [2.24, 2.45) is 0 Å². The molecular weight excluding hydrogens is 642 g/mol. The summed E-state index contributed by atoms with van der Waals surface area (Å²) in [5.74, 6) is 0.535. The molecule has 9 N–H and O–H groups in total. The molecule has 0 bridgehead atoms. The molecule has 0 aliphatic carbocycles. The highest BCUT2D eigenvalue weighted by molar-refractivity contribution is 5.72. The quantitative estimate of drug-likeness (QED) is 0.0440. The number of phenols is 4. The second kappa shape index (κ2) is 16.3. The predicted octanol–water partition coefficient (Wildman–Crippen LogP) is 3.15. The Balaban J connectivity index is 0.000000149. The number of aromatic amines is 3. The fraction of sp³-hybridized carbons (Fsp3) is 0. The van der Waals surface area contributed by atoms with Crippen LogP contribution in [0.15, 0.2) is 84.9 Å². The number of anilines is 1. The first kappa shape index (κ1) is 33.9. The van der Waals surface area contributed by atoms with Crippen molar-refractivity contribution in [3.05, 3.63) is 106 Å². The number of tetrazole rings is 3. The van der Waals surface area contributed by atoms with Crippen LogP contribution in [0.4, 0.5) is 17.1 Å². The summed E-state index contributed by atoms with van der Waals surface area (Å²) in [6.07, 6.45) is 0. The average molecular weight is 666 g/mol. The minimum Gasteiger partial charge on any atom is -0.519 e. The van der Waals surface area contributed by atoms with Gasteiger partial charge >= 0.3 is 5.69 Å². The van der Waals surface area contributed by atoms with Crippen LogP contribution in [-0.2, 0) is 0 Å². The summed E-state index contributed by atoms with van der Waals surface area (Å²) in [7, 11) is 0. The van der Waals surface area contributed by atoms with E-state index in [4.69, 9.17) is 17.4 Å². The third-order valence-electron chi connectivity index (χ3n) is 5.94. The minimum atomic E-state index is -0.682. The molecule has 0 aliphatic heterocycles. The molecule has 0 unspecified atom stereocenters. The number of nitro groups is 1. The zero-order valence-electron chi connectivity index (χ0n) is 24.7. The minimum absolute atomic E-state index is 0.0242. The maximum Gasteiger partial charge on any atom is 0.311 e. The van der Waals surface area contributed by atoms with Crippen molar-refractivity contribution in [3.8, 4) is 57.2 Å². The molecule has 0 saturated carbocycles. The van der Waals surface area contributed by atoms with Crippen LogP contribution in [-0.4, -0.2) is 87.2 Å². The number of phenolic OH excluding ortho intramolecular Hbond substituents is 4. The van der Waals surface area contributed by atoms with E-state index in [1.165, 1.54) is 24.3 Å². The van der Waals surface area contributed by atoms with Gasteiger partial charge in [0.1, 0.15) is 17.2 Å². The summed E-state index contributed by atoms with van der Waals surface area (Å²) in [5, 5.41) is 86.9. The topological polar surface area (TPSA) is 318 Å². The van der Waals surface area contributed by atoms with Gasteiger partial charge < -0.3 is 26.2 Å². The molecule has 4 aromatic carbocycles. The van der Waals surface area contributed by atoms with Crippen LogP contribution < -0.4 is 5.73 Å². The van der Waals surface area contributed by atoms with Gasteiger partial charge in [0.15, 0.2) is 0 Å². The van der Waals surface area contributed by atoms with E-state index in [-0.39, 0.29) is 28.6 Å². The van der Waals surface area contributed by atoms with Gasteiger partial charge in [0.05, 0.1) is 33.9 Å². The monoisotopic (exact) mass is 665 g/mol. The summed E-state index contributed by atoms with van der Waals surface area (Å²) in [5.41, 5.74) is 6.90. The van der Waals surface area contributed by atoms with Crippen molar-refractivity contribution < 1.29 is 25.3 Å². The van der Waals surface area contributed by atoms with Gasteiger partial charge in [0.2, 0.25) is 28.9 Å². The van der Waals surface area contributed by atoms with Gasteiger partial charge in [-0.05, 0) is 52.0 Å². The van der Waals surface area contributed by atoms with Gasteiger partial charge in [0, 0.05) is 6.07 Å². The Hall–Kier alpha value is -8.02. The highest BCUT2D eigenvalue weighted by Crippen LogP contribution is 2.34. The van der Waals surface area contributed by atoms with E-state index in [1.54, 1.807) is 60.7 Å². The highest BCUT2D eigenvalue weighted by atomic mass is 16.6. The Morgan fingerprint density at radius 3 is 1.57 bits per heavy atom. The van der Waals surface area contributed by atoms with Crippen molar-refractivity contribution in [3.63, 3.8) is 0 Å². The van der Waals surface area contributed by atoms with Crippen LogP contribution in [0.2, 0.25) is 0 Å². The fourth-order valence-corrected chi connectivity index (χ4v) is 3.65. The Labute approximate surface area is 273 Å². The maximum atomic E-state index is 10.5. The van der Waals surface area contributed by atoms with E-state index >= 15 is 0 Å². The predicted molar refractivity (Wildman–Crippen MR) is 169 cm³/mol. The molecule has 21 nitrogen and oxygen atoms in total. The first-order valence-electron chi connectivity index (χ1n) is 13.4. The molecule has 49 heavy (non-hydrogen) atoms. The van der Waals surface area contributed by atoms with E-state index in [0.29, 0.717) is 34.2 Å². The van der Waals surface area contributed by atoms with E-state index < -0.39 is 16.4 Å². The number of aromatic hydroxyl groups is 4. The van der Waals surface area contributed by atoms with Gasteiger partial charge in [-0.15, -0.1) is 30.6 Å². The lowest BCUT2D eigenvalue weighted by Gasteiger charge is -2.01. The molecule has 0 saturated heterocycles. The number of hydrogen-bond acceptors (Lipinski definition) is 16. The zero-order chi connectivity index (χ0) is 35.2. The number of nitrogen functional groups attached to an aromatic ring is 1. The molecule has 0 fully saturated rings. The van der Waals surface area contributed by atoms with Crippen LogP contribution in [0, 0.1) is 16.7 Å². The molecule has 0 aliphatic rings. The van der Waals surface area contributed by atoms with E-state index in [9.17, 15) is 25.4 Å². The smallest absolute Gasteiger partial charge is 0.311 e. The number of hydrogen-bond donors (Lipinski definition) is 8. The lowest BCUT2D eigenvalue weighted by atomic mass is 10.1. The number of benzene rings is 4. The Bertz CT molecular complexity index is 2130. The van der Waals surface area contributed by atoms with Crippen LogP contribution in [0.25, 0.3) is 39.0 Å². The molecule has 0 radical (unpaired) electrons. The number of nitrogens with zero attached hydrogens (tertiary/aromatic N) is 11. The molecule has 246 valence electrons. The Morgan fingerprint density at radius 2 is 1.10 bits per heavy atom. The molecule has 0 spiro atoms. The fourth-order valence-electron chi connectivity index (χ4n) is 3.65. The van der Waals surface area contributed by atoms with Gasteiger partial charge in [-0.1, -0.05) is 42.5 Å². The Kier molecular flexibility index (Phi) is 11.3. The SMILES string of the molecule is Nc1cccc(-c2nn[nH]n2)c1O.O=[N+]([O-])c1cccc(-c2nn[nH]n2)c1O.Oc1ccccc1-c1nn[nH]n1.[C-]#[N+]c1ccccc1O. The molecule has 3 aromatic heterocycles. The lowest BCUT2D eigenvalue weighted by Crippen LogP contribution is -1.90. The molecule has 7 rings (SSSR count). The number of rotatable bonds is 4. The standard InChI is InChI=1S/C7H5N5O3.C7H7N5O.C7H6N4O.C7H5NO/c13-6-4(7-8-10-11-9-7)2-1-3-5(6)12(14)15;8-5-3-1-2-4(6(5)13)7-9-11-12-10-7;12-6-4-2-1-3-5(6)7-8-10-11-9-7;1-8-6-4-2-3-5-7(6)9/h1-3,13H,(H,8,9,10,11);1-3,13H,8H2,(H,9,10,11,12);1-4,12H,(H,8,9,10,11);2-5,9H. The van der Waals surface area contributed by atoms with Crippen molar-refractivity contribution in [1.82, 2.24) is 61.9 Å². The van der Waals surface area contributed by atoms with Crippen molar-refractivity contribution in [1.29, 1.82) is 0 Å². The van der Waals surface area contributed by atoms with Crippen LogP contribution in [0.1, 0.15) is 0 Å². The number of H-pyrrole nitrogens is 3. The van der Waals surface area contributed by atoms with E-state index in [1.807, 2.05) is 0 Å². The molecule has 3 heterocycles. The molecule has 0 atom stereocenters. The summed E-state index contributed by atoms with van der Waals surface area (Å²) < 4.78 is 0. The molecule has 0 amide bonds. The van der Waals surface area contributed by atoms with Crippen molar-refractivity contribution in [2.45, 2.75) is 0 Å². The van der Waals surface area contributed by atoms with Crippen molar-refractivity contribution >= 4 is 17.1 Å². The van der Waals surface area contributed by atoms with Crippen LogP contribution in [0.3, 0.4) is 0 Å². The largest absolute Gasteiger partial charge is 0.519 e. The number of nitro benzene ring substituents is 1. The summed E-state index contributed by atoms with van der Waals surface area (Å²) in [6, 6.07) is 22.4. The zero-order valence-corrected chi connectivity index (χ0v) is 24.7. The first-order valence-corrected chi connectivity index (χ1v) is 13.4. The average Bonchev–Trinajstić information content (AvgIpc) is 3.93. The third-order valence-corrected chi connectivity index (χ3v) is 5.94. The van der Waals surface area contributed by atoms with E-state index in [0.717, 1.165) is 0 Å². The van der Waals surface area contributed by atoms with E-state index in [2.05, 4.69) is 66.7 Å². The number of nitrogens with two attached hydrogens (primary N) is 1. The second-order valence-corrected chi connectivity index (χ2v) is 9.00. The second-order valence-electron chi connectivity index (χ2n) is 9.00. The number of aromatic nitrogens is 12. The summed E-state index contributed by atoms with van der Waals surface area (Å²) >= 11 is 0. The lowest BCUT2D eigenvalue weighted by molar-refractivity contribution is -0.385. The van der Waals surface area contributed by atoms with Gasteiger partial charge in [-0.25, -0.2) is 4.85 Å². The molecular formula is C28H23N15O6. The van der Waals surface area contributed by atoms with Gasteiger partial charge in [-0.2, -0.15) is 15.6 Å². The van der Waals surface area contributed by atoms with Gasteiger partial charge in [0.25, 0.3) is 0 Å². The van der Waals surface area contributed by atoms with Gasteiger partial charge in [-0.3, -0.25) is 10.1 Å².